The molecule has 1 aliphatic heterocycles. The fourth-order valence-electron chi connectivity index (χ4n) is 3.23. The smallest absolute Gasteiger partial charge is 0.259 e. The summed E-state index contributed by atoms with van der Waals surface area (Å²) in [5.41, 5.74) is 7.10. The summed E-state index contributed by atoms with van der Waals surface area (Å²) in [5, 5.41) is 0.741. The van der Waals surface area contributed by atoms with Gasteiger partial charge < -0.3 is 10.7 Å². The number of aromatic amines is 1. The van der Waals surface area contributed by atoms with Gasteiger partial charge in [-0.05, 0) is 31.7 Å². The number of fused-ring (bicyclic) bond motifs is 1. The molecule has 2 aromatic rings. The second-order valence-corrected chi connectivity index (χ2v) is 7.47. The van der Waals surface area contributed by atoms with Crippen LogP contribution in [0.2, 0.25) is 0 Å². The van der Waals surface area contributed by atoms with Gasteiger partial charge in [0.15, 0.2) is 0 Å². The van der Waals surface area contributed by atoms with Crippen molar-refractivity contribution < 1.29 is 0 Å². The monoisotopic (exact) mass is 306 g/mol. The molecule has 114 valence electrons. The average molecular weight is 306 g/mol. The molecule has 0 radical (unpaired) electrons. The van der Waals surface area contributed by atoms with Gasteiger partial charge in [0, 0.05) is 24.0 Å². The van der Waals surface area contributed by atoms with E-state index in [1.807, 2.05) is 13.8 Å². The van der Waals surface area contributed by atoms with Crippen molar-refractivity contribution >= 4 is 21.6 Å². The van der Waals surface area contributed by atoms with E-state index in [0.717, 1.165) is 46.0 Å². The molecular weight excluding hydrogens is 284 g/mol. The van der Waals surface area contributed by atoms with E-state index >= 15 is 0 Å². The van der Waals surface area contributed by atoms with Crippen molar-refractivity contribution in [3.05, 3.63) is 26.6 Å². The van der Waals surface area contributed by atoms with Gasteiger partial charge in [0.05, 0.1) is 11.9 Å². The van der Waals surface area contributed by atoms with Crippen LogP contribution >= 0.6 is 11.3 Å². The number of nitrogens with one attached hydrogen (secondary N) is 1. The number of aryl methyl sites for hydroxylation is 2. The van der Waals surface area contributed by atoms with E-state index in [0.29, 0.717) is 12.5 Å². The highest BCUT2D eigenvalue weighted by atomic mass is 32.1. The number of piperidine rings is 1. The molecule has 0 amide bonds. The van der Waals surface area contributed by atoms with E-state index in [2.05, 4.69) is 21.8 Å². The second-order valence-electron chi connectivity index (χ2n) is 6.27. The van der Waals surface area contributed by atoms with Crippen molar-refractivity contribution in [2.45, 2.75) is 39.8 Å². The number of likely N-dealkylation sites (tertiary alicyclic amines) is 1. The van der Waals surface area contributed by atoms with Crippen LogP contribution in [-0.2, 0) is 6.54 Å². The lowest BCUT2D eigenvalue weighted by Crippen LogP contribution is -2.46. The zero-order valence-corrected chi connectivity index (χ0v) is 13.6. The number of hydrogen-bond acceptors (Lipinski definition) is 5. The summed E-state index contributed by atoms with van der Waals surface area (Å²) in [6.07, 6.45) is 1.07. The van der Waals surface area contributed by atoms with Gasteiger partial charge in [-0.3, -0.25) is 9.69 Å². The topological polar surface area (TPSA) is 75.0 Å². The predicted octanol–water partition coefficient (Wildman–Crippen LogP) is 1.77. The first-order chi connectivity index (χ1) is 9.94. The number of hydrogen-bond donors (Lipinski definition) is 2. The SMILES string of the molecule is Cc1sc2nc(CN3CC(C)CC(N)C3)[nH]c(=O)c2c1C. The van der Waals surface area contributed by atoms with Gasteiger partial charge in [0.2, 0.25) is 0 Å². The summed E-state index contributed by atoms with van der Waals surface area (Å²) in [6.45, 7) is 8.78. The van der Waals surface area contributed by atoms with Crippen LogP contribution in [-0.4, -0.2) is 34.0 Å². The van der Waals surface area contributed by atoms with Crippen molar-refractivity contribution in [1.29, 1.82) is 0 Å². The molecule has 0 aliphatic carbocycles. The number of thiophene rings is 1. The van der Waals surface area contributed by atoms with Crippen molar-refractivity contribution in [3.8, 4) is 0 Å². The molecule has 5 nitrogen and oxygen atoms in total. The van der Waals surface area contributed by atoms with E-state index in [4.69, 9.17) is 5.73 Å². The highest BCUT2D eigenvalue weighted by Crippen LogP contribution is 2.26. The number of H-pyrrole nitrogens is 1. The summed E-state index contributed by atoms with van der Waals surface area (Å²) in [7, 11) is 0. The maximum Gasteiger partial charge on any atom is 0.259 e. The molecule has 1 aliphatic rings. The lowest BCUT2D eigenvalue weighted by atomic mass is 9.97. The fourth-order valence-corrected chi connectivity index (χ4v) is 4.28. The molecule has 6 heteroatoms. The Morgan fingerprint density at radius 3 is 2.90 bits per heavy atom. The molecule has 3 rings (SSSR count). The minimum absolute atomic E-state index is 0.0220. The molecule has 3 heterocycles. The Hall–Kier alpha value is -1.24. The second kappa shape index (κ2) is 5.51. The third-order valence-corrected chi connectivity index (χ3v) is 5.33. The van der Waals surface area contributed by atoms with E-state index < -0.39 is 0 Å². The van der Waals surface area contributed by atoms with Gasteiger partial charge in [0.1, 0.15) is 10.7 Å². The molecule has 1 saturated heterocycles. The molecule has 2 aromatic heterocycles. The molecule has 0 bridgehead atoms. The highest BCUT2D eigenvalue weighted by Gasteiger charge is 2.23. The fraction of sp³-hybridized carbons (Fsp3) is 0.600. The Kier molecular flexibility index (Phi) is 3.86. The summed E-state index contributed by atoms with van der Waals surface area (Å²) >= 11 is 1.60. The maximum atomic E-state index is 12.3. The van der Waals surface area contributed by atoms with Crippen LogP contribution in [0.1, 0.15) is 29.6 Å². The molecular formula is C15H22N4OS. The van der Waals surface area contributed by atoms with Crippen LogP contribution in [0.15, 0.2) is 4.79 Å². The molecule has 0 aromatic carbocycles. The standard InChI is InChI=1S/C15H22N4OS/c1-8-4-11(16)6-19(5-8)7-12-17-14(20)13-9(2)10(3)21-15(13)18-12/h8,11H,4-7,16H2,1-3H3,(H,17,18,20). The van der Waals surface area contributed by atoms with Gasteiger partial charge in [0.25, 0.3) is 5.56 Å². The van der Waals surface area contributed by atoms with Gasteiger partial charge in [-0.2, -0.15) is 0 Å². The quantitative estimate of drug-likeness (QED) is 0.887. The number of rotatable bonds is 2. The van der Waals surface area contributed by atoms with E-state index in [1.54, 1.807) is 11.3 Å². The minimum Gasteiger partial charge on any atom is -0.327 e. The normalized spacial score (nSPS) is 23.8. The van der Waals surface area contributed by atoms with Gasteiger partial charge in [-0.15, -0.1) is 11.3 Å². The largest absolute Gasteiger partial charge is 0.327 e. The highest BCUT2D eigenvalue weighted by molar-refractivity contribution is 7.18. The molecule has 1 fully saturated rings. The Balaban J connectivity index is 1.89. The zero-order valence-electron chi connectivity index (χ0n) is 12.8. The molecule has 21 heavy (non-hydrogen) atoms. The lowest BCUT2D eigenvalue weighted by Gasteiger charge is -2.34. The summed E-state index contributed by atoms with van der Waals surface area (Å²) in [4.78, 5) is 24.1. The Bertz CT molecular complexity index is 710. The van der Waals surface area contributed by atoms with Crippen molar-refractivity contribution in [2.75, 3.05) is 13.1 Å². The van der Waals surface area contributed by atoms with E-state index in [1.165, 1.54) is 0 Å². The van der Waals surface area contributed by atoms with E-state index in [-0.39, 0.29) is 11.6 Å². The minimum atomic E-state index is -0.0220. The lowest BCUT2D eigenvalue weighted by molar-refractivity contribution is 0.155. The molecule has 0 saturated carbocycles. The first kappa shape index (κ1) is 14.7. The van der Waals surface area contributed by atoms with Crippen molar-refractivity contribution in [1.82, 2.24) is 14.9 Å². The van der Waals surface area contributed by atoms with Crippen LogP contribution in [0.25, 0.3) is 10.2 Å². The summed E-state index contributed by atoms with van der Waals surface area (Å²) in [6, 6.07) is 0.218. The van der Waals surface area contributed by atoms with Crippen LogP contribution in [0, 0.1) is 19.8 Å². The van der Waals surface area contributed by atoms with Crippen LogP contribution in [0.4, 0.5) is 0 Å². The molecule has 2 unspecified atom stereocenters. The van der Waals surface area contributed by atoms with Crippen molar-refractivity contribution in [2.24, 2.45) is 11.7 Å². The summed E-state index contributed by atoms with van der Waals surface area (Å²) < 4.78 is 0. The van der Waals surface area contributed by atoms with Gasteiger partial charge in [-0.1, -0.05) is 6.92 Å². The first-order valence-electron chi connectivity index (χ1n) is 7.41. The Labute approximate surface area is 128 Å². The molecule has 3 N–H and O–H groups in total. The van der Waals surface area contributed by atoms with Crippen LogP contribution in [0.5, 0.6) is 0 Å². The number of nitrogens with zero attached hydrogens (tertiary/aromatic N) is 2. The Morgan fingerprint density at radius 1 is 1.43 bits per heavy atom. The number of nitrogens with two attached hydrogens (primary N) is 1. The molecule has 0 spiro atoms. The average Bonchev–Trinajstić information content (AvgIpc) is 2.63. The van der Waals surface area contributed by atoms with Gasteiger partial charge >= 0.3 is 0 Å². The third-order valence-electron chi connectivity index (χ3n) is 4.23. The zero-order chi connectivity index (χ0) is 15.1. The molecule has 2 atom stereocenters. The third kappa shape index (κ3) is 2.88. The predicted molar refractivity (Wildman–Crippen MR) is 86.7 cm³/mol. The summed E-state index contributed by atoms with van der Waals surface area (Å²) in [5.74, 6) is 1.34. The van der Waals surface area contributed by atoms with Crippen LogP contribution in [0.3, 0.4) is 0 Å². The first-order valence-corrected chi connectivity index (χ1v) is 8.22. The maximum absolute atomic E-state index is 12.3. The van der Waals surface area contributed by atoms with Crippen molar-refractivity contribution in [3.63, 3.8) is 0 Å². The number of aromatic nitrogens is 2. The van der Waals surface area contributed by atoms with Crippen LogP contribution < -0.4 is 11.3 Å². The Morgan fingerprint density at radius 2 is 2.19 bits per heavy atom. The van der Waals surface area contributed by atoms with E-state index in [9.17, 15) is 4.79 Å². The van der Waals surface area contributed by atoms with Gasteiger partial charge in [-0.25, -0.2) is 4.98 Å².